The van der Waals surface area contributed by atoms with Crippen LogP contribution in [-0.4, -0.2) is 25.0 Å². The van der Waals surface area contributed by atoms with Crippen LogP contribution in [0.5, 0.6) is 5.75 Å². The molecular formula is C17H14F2NOY-. The van der Waals surface area contributed by atoms with E-state index in [4.69, 9.17) is 11.2 Å². The zero-order chi connectivity index (χ0) is 15.4. The minimum absolute atomic E-state index is 0. The van der Waals surface area contributed by atoms with Crippen LogP contribution in [0.4, 0.5) is 8.78 Å². The molecule has 1 heterocycles. The Morgan fingerprint density at radius 1 is 1.36 bits per heavy atom. The SMILES string of the molecule is C#CC1=C[C-]=C(c2ccc(OCC(F)F)cc2)N(C)C1=C.[Y]. The van der Waals surface area contributed by atoms with Gasteiger partial charge in [-0.1, -0.05) is 23.4 Å². The summed E-state index contributed by atoms with van der Waals surface area (Å²) in [5.41, 5.74) is 3.07. The largest absolute Gasteiger partial charge is 0.488 e. The molecule has 2 nitrogen and oxygen atoms in total. The fourth-order valence-electron chi connectivity index (χ4n) is 1.91. The quantitative estimate of drug-likeness (QED) is 0.590. The Labute approximate surface area is 154 Å². The maximum atomic E-state index is 12.1. The molecule has 1 radical (unpaired) electrons. The molecule has 111 valence electrons. The Kier molecular flexibility index (Phi) is 6.99. The number of allylic oxidation sites excluding steroid dienone is 3. The van der Waals surface area contributed by atoms with Crippen LogP contribution >= 0.6 is 0 Å². The van der Waals surface area contributed by atoms with Gasteiger partial charge in [0.15, 0.2) is 0 Å². The predicted molar refractivity (Wildman–Crippen MR) is 78.4 cm³/mol. The molecule has 1 aromatic rings. The molecule has 0 amide bonds. The molecule has 1 aliphatic rings. The fourth-order valence-corrected chi connectivity index (χ4v) is 1.91. The molecule has 0 aromatic heterocycles. The smallest absolute Gasteiger partial charge is 0.272 e. The molecular weight excluding hydrogens is 361 g/mol. The third-order valence-electron chi connectivity index (χ3n) is 3.06. The van der Waals surface area contributed by atoms with Crippen LogP contribution in [0.2, 0.25) is 0 Å². The van der Waals surface area contributed by atoms with Crippen molar-refractivity contribution in [2.24, 2.45) is 0 Å². The number of rotatable bonds is 4. The number of likely N-dealkylation sites (N-methyl/N-ethyl adjacent to an activating group) is 1. The number of ether oxygens (including phenoxy) is 1. The van der Waals surface area contributed by atoms with Gasteiger partial charge in [-0.3, -0.25) is 0 Å². The van der Waals surface area contributed by atoms with E-state index in [0.29, 0.717) is 17.0 Å². The second-order valence-corrected chi connectivity index (χ2v) is 4.43. The number of terminal acetylenes is 1. The van der Waals surface area contributed by atoms with Gasteiger partial charge in [0.05, 0.1) is 0 Å². The summed E-state index contributed by atoms with van der Waals surface area (Å²) in [4.78, 5) is 1.84. The molecule has 0 saturated carbocycles. The maximum Gasteiger partial charge on any atom is 0.272 e. The number of halogens is 2. The van der Waals surface area contributed by atoms with Gasteiger partial charge >= 0.3 is 0 Å². The van der Waals surface area contributed by atoms with Gasteiger partial charge < -0.3 is 9.64 Å². The molecule has 1 aromatic carbocycles. The second-order valence-electron chi connectivity index (χ2n) is 4.43. The summed E-state index contributed by atoms with van der Waals surface area (Å²) in [7, 11) is 1.84. The summed E-state index contributed by atoms with van der Waals surface area (Å²) in [6.45, 7) is 3.32. The van der Waals surface area contributed by atoms with Crippen LogP contribution in [0, 0.1) is 18.4 Å². The number of nitrogens with zero attached hydrogens (tertiary/aromatic N) is 1. The van der Waals surface area contributed by atoms with Crippen molar-refractivity contribution >= 4 is 5.70 Å². The summed E-state index contributed by atoms with van der Waals surface area (Å²) in [6, 6.07) is 6.84. The second kappa shape index (κ2) is 8.26. The Morgan fingerprint density at radius 3 is 2.55 bits per heavy atom. The third kappa shape index (κ3) is 4.28. The van der Waals surface area contributed by atoms with Crippen LogP contribution < -0.4 is 4.74 Å². The maximum absolute atomic E-state index is 12.1. The molecule has 0 fully saturated rings. The minimum atomic E-state index is -2.49. The summed E-state index contributed by atoms with van der Waals surface area (Å²) in [5, 5.41) is 0. The summed E-state index contributed by atoms with van der Waals surface area (Å²) < 4.78 is 29.1. The van der Waals surface area contributed by atoms with E-state index in [9.17, 15) is 8.78 Å². The van der Waals surface area contributed by atoms with E-state index in [1.807, 2.05) is 11.9 Å². The standard InChI is InChI=1S/C17H14F2NO.Y/c1-4-13-7-10-16(20(3)12(13)2)14-5-8-15(9-6-14)21-11-17(18)19;/h1,5-9,17H,2,11H2,3H3;/q-1;. The molecule has 0 saturated heterocycles. The first-order valence-electron chi connectivity index (χ1n) is 6.27. The van der Waals surface area contributed by atoms with Crippen LogP contribution in [0.1, 0.15) is 5.56 Å². The Morgan fingerprint density at radius 2 is 2.00 bits per heavy atom. The molecule has 0 N–H and O–H groups in total. The van der Waals surface area contributed by atoms with E-state index < -0.39 is 13.0 Å². The monoisotopic (exact) mass is 375 g/mol. The van der Waals surface area contributed by atoms with Gasteiger partial charge in [-0.15, -0.1) is 24.5 Å². The van der Waals surface area contributed by atoms with E-state index in [1.165, 1.54) is 0 Å². The molecule has 0 aliphatic carbocycles. The molecule has 0 spiro atoms. The van der Waals surface area contributed by atoms with Crippen molar-refractivity contribution in [1.82, 2.24) is 4.90 Å². The van der Waals surface area contributed by atoms with Gasteiger partial charge in [-0.05, 0) is 17.8 Å². The van der Waals surface area contributed by atoms with Crippen molar-refractivity contribution in [3.63, 3.8) is 0 Å². The third-order valence-corrected chi connectivity index (χ3v) is 3.06. The number of alkyl halides is 2. The Balaban J connectivity index is 0.00000242. The van der Waals surface area contributed by atoms with Crippen molar-refractivity contribution in [3.05, 3.63) is 59.8 Å². The van der Waals surface area contributed by atoms with Gasteiger partial charge in [0.1, 0.15) is 12.4 Å². The number of hydrogen-bond acceptors (Lipinski definition) is 2. The van der Waals surface area contributed by atoms with Crippen molar-refractivity contribution in [3.8, 4) is 18.1 Å². The van der Waals surface area contributed by atoms with E-state index in [2.05, 4.69) is 18.6 Å². The summed E-state index contributed by atoms with van der Waals surface area (Å²) in [5.74, 6) is 2.95. The zero-order valence-electron chi connectivity index (χ0n) is 12.1. The Hall–Kier alpha value is -1.44. The predicted octanol–water partition coefficient (Wildman–Crippen LogP) is 3.49. The Bertz CT molecular complexity index is 642. The van der Waals surface area contributed by atoms with Gasteiger partial charge in [0.25, 0.3) is 6.43 Å². The first-order valence-corrected chi connectivity index (χ1v) is 6.27. The van der Waals surface area contributed by atoms with Crippen molar-refractivity contribution in [1.29, 1.82) is 0 Å². The topological polar surface area (TPSA) is 12.5 Å². The molecule has 1 aliphatic heterocycles. The van der Waals surface area contributed by atoms with Crippen molar-refractivity contribution in [2.45, 2.75) is 6.43 Å². The zero-order valence-corrected chi connectivity index (χ0v) is 15.0. The minimum Gasteiger partial charge on any atom is -0.488 e. The number of hydrogen-bond donors (Lipinski definition) is 0. The summed E-state index contributed by atoms with van der Waals surface area (Å²) in [6.07, 6.45) is 7.71. The molecule has 0 bridgehead atoms. The van der Waals surface area contributed by atoms with E-state index in [-0.39, 0.29) is 32.7 Å². The van der Waals surface area contributed by atoms with Crippen LogP contribution in [0.15, 0.2) is 48.2 Å². The normalized spacial score (nSPS) is 14.0. The van der Waals surface area contributed by atoms with Crippen LogP contribution in [0.3, 0.4) is 0 Å². The fraction of sp³-hybridized carbons (Fsp3) is 0.176. The van der Waals surface area contributed by atoms with Crippen LogP contribution in [-0.2, 0) is 32.7 Å². The molecule has 22 heavy (non-hydrogen) atoms. The van der Waals surface area contributed by atoms with Gasteiger partial charge in [0.2, 0.25) is 0 Å². The first kappa shape index (κ1) is 18.6. The van der Waals surface area contributed by atoms with E-state index >= 15 is 0 Å². The number of benzene rings is 1. The first-order chi connectivity index (χ1) is 10.0. The van der Waals surface area contributed by atoms with Crippen molar-refractivity contribution in [2.75, 3.05) is 13.7 Å². The van der Waals surface area contributed by atoms with Crippen LogP contribution in [0.25, 0.3) is 5.70 Å². The summed E-state index contributed by atoms with van der Waals surface area (Å²) >= 11 is 0. The average Bonchev–Trinajstić information content (AvgIpc) is 2.48. The molecule has 0 atom stereocenters. The van der Waals surface area contributed by atoms with Gasteiger partial charge in [-0.2, -0.15) is 12.2 Å². The van der Waals surface area contributed by atoms with Gasteiger partial charge in [0, 0.05) is 39.8 Å². The van der Waals surface area contributed by atoms with Crippen molar-refractivity contribution < 1.29 is 46.2 Å². The molecule has 5 heteroatoms. The van der Waals surface area contributed by atoms with Gasteiger partial charge in [-0.25, -0.2) is 8.78 Å². The van der Waals surface area contributed by atoms with E-state index in [0.717, 1.165) is 11.3 Å². The molecule has 0 unspecified atom stereocenters. The molecule has 2 rings (SSSR count). The van der Waals surface area contributed by atoms with E-state index in [1.54, 1.807) is 30.3 Å². The average molecular weight is 375 g/mol.